The van der Waals surface area contributed by atoms with Crippen LogP contribution in [-0.4, -0.2) is 12.2 Å². The van der Waals surface area contributed by atoms with E-state index in [1.54, 1.807) is 41.2 Å². The van der Waals surface area contributed by atoms with Crippen LogP contribution < -0.4 is 22.5 Å². The summed E-state index contributed by atoms with van der Waals surface area (Å²) < 4.78 is 15.5. The molecule has 0 bridgehead atoms. The fourth-order valence-electron chi connectivity index (χ4n) is 1.74. The molecule has 2 aromatic rings. The molecule has 1 heterocycles. The highest BCUT2D eigenvalue weighted by molar-refractivity contribution is 5.78. The smallest absolute Gasteiger partial charge is 0.425 e. The van der Waals surface area contributed by atoms with Gasteiger partial charge in [0.25, 0.3) is 0 Å². The minimum atomic E-state index is -1.84. The number of carbonyl (C=O) groups is 2. The van der Waals surface area contributed by atoms with Crippen molar-refractivity contribution in [2.24, 2.45) is 11.7 Å². The van der Waals surface area contributed by atoms with Crippen LogP contribution in [0.2, 0.25) is 0 Å². The summed E-state index contributed by atoms with van der Waals surface area (Å²) in [5.41, 5.74) is 4.07. The molecule has 1 aromatic carbocycles. The van der Waals surface area contributed by atoms with Gasteiger partial charge in [0.05, 0.1) is 0 Å². The van der Waals surface area contributed by atoms with Crippen LogP contribution in [0.5, 0.6) is 0 Å². The van der Waals surface area contributed by atoms with Crippen LogP contribution in [0, 0.1) is 0 Å². The topological polar surface area (TPSA) is 142 Å². The molecule has 0 saturated heterocycles. The van der Waals surface area contributed by atoms with Crippen LogP contribution >= 0.6 is 0 Å². The first-order valence-electron chi connectivity index (χ1n) is 5.87. The van der Waals surface area contributed by atoms with Gasteiger partial charge in [-0.1, -0.05) is 18.2 Å². The largest absolute Gasteiger partial charge is 0.453 e. The van der Waals surface area contributed by atoms with E-state index in [4.69, 9.17) is 25.6 Å². The molecule has 0 aliphatic rings. The van der Waals surface area contributed by atoms with E-state index in [1.165, 1.54) is 6.92 Å². The maximum absolute atomic E-state index is 11.3. The Balaban J connectivity index is 2.41. The summed E-state index contributed by atoms with van der Waals surface area (Å²) in [5, 5.41) is 0.743. The lowest BCUT2D eigenvalue weighted by Crippen LogP contribution is -2.43. The second kappa shape index (κ2) is 5.69. The molecule has 9 nitrogen and oxygen atoms in total. The second-order valence-electron chi connectivity index (χ2n) is 4.16. The summed E-state index contributed by atoms with van der Waals surface area (Å²) in [4.78, 5) is 22.7. The molecule has 0 radical (unpaired) electrons. The maximum atomic E-state index is 11.3. The predicted octanol–water partition coefficient (Wildman–Crippen LogP) is 0.805. The van der Waals surface area contributed by atoms with Gasteiger partial charge in [-0.05, 0) is 12.1 Å². The quantitative estimate of drug-likeness (QED) is 0.284. The van der Waals surface area contributed by atoms with E-state index in [2.05, 4.69) is 0 Å². The molecule has 0 fully saturated rings. The Morgan fingerprint density at radius 2 is 1.71 bits per heavy atom. The van der Waals surface area contributed by atoms with E-state index >= 15 is 0 Å². The van der Waals surface area contributed by atoms with E-state index in [0.29, 0.717) is 5.58 Å². The minimum absolute atomic E-state index is 0.0934. The fraction of sp³-hybridized carbons (Fsp3) is 0.167. The number of ether oxygens (including phenoxy) is 2. The summed E-state index contributed by atoms with van der Waals surface area (Å²) in [6.45, 7) is 1.31. The van der Waals surface area contributed by atoms with Gasteiger partial charge in [-0.15, -0.1) is 0 Å². The van der Waals surface area contributed by atoms with Gasteiger partial charge in [0.1, 0.15) is 5.58 Å². The Morgan fingerprint density at radius 1 is 1.14 bits per heavy atom. The number of rotatable bonds is 3. The second-order valence-corrected chi connectivity index (χ2v) is 4.16. The predicted molar refractivity (Wildman–Crippen MR) is 71.2 cm³/mol. The van der Waals surface area contributed by atoms with Gasteiger partial charge < -0.3 is 13.9 Å². The highest BCUT2D eigenvalue weighted by Gasteiger charge is 2.39. The Kier molecular flexibility index (Phi) is 3.96. The normalized spacial score (nSPS) is 11.0. The lowest BCUT2D eigenvalue weighted by molar-refractivity contribution is -0.167. The average molecular weight is 294 g/mol. The van der Waals surface area contributed by atoms with Crippen molar-refractivity contribution in [1.82, 2.24) is 10.9 Å². The molecule has 0 unspecified atom stereocenters. The van der Waals surface area contributed by atoms with Crippen LogP contribution in [0.1, 0.15) is 12.7 Å². The van der Waals surface area contributed by atoms with Crippen molar-refractivity contribution < 1.29 is 23.5 Å². The van der Waals surface area contributed by atoms with E-state index in [0.717, 1.165) is 5.39 Å². The Bertz CT molecular complexity index is 617. The molecule has 0 spiro atoms. The lowest BCUT2D eigenvalue weighted by atomic mass is 10.2. The van der Waals surface area contributed by atoms with Crippen molar-refractivity contribution in [2.75, 3.05) is 0 Å². The maximum Gasteiger partial charge on any atom is 0.425 e. The number of nitrogens with one attached hydrogen (secondary N) is 2. The standard InChI is InChI=1S/C12H14N4O5/c1-12(20-10(17)15-13,21-11(18)16-14)9-6-7-4-2-3-5-8(7)19-9/h2-6H,13-14H2,1H3,(H,15,17)(H,16,18). The first kappa shape index (κ1) is 14.6. The van der Waals surface area contributed by atoms with E-state index in [1.807, 2.05) is 0 Å². The zero-order valence-electron chi connectivity index (χ0n) is 11.1. The number of hydrazine groups is 2. The van der Waals surface area contributed by atoms with Gasteiger partial charge in [0.2, 0.25) is 0 Å². The number of carbonyl (C=O) groups excluding carboxylic acids is 2. The molecule has 112 valence electrons. The molecule has 2 rings (SSSR count). The summed E-state index contributed by atoms with van der Waals surface area (Å²) in [6.07, 6.45) is -2.02. The highest BCUT2D eigenvalue weighted by Crippen LogP contribution is 2.32. The van der Waals surface area contributed by atoms with Crippen molar-refractivity contribution in [3.63, 3.8) is 0 Å². The molecule has 0 aliphatic heterocycles. The number of hydrogen-bond donors (Lipinski definition) is 4. The molecule has 0 atom stereocenters. The number of nitrogens with two attached hydrogens (primary N) is 2. The summed E-state index contributed by atoms with van der Waals surface area (Å²) in [6, 6.07) is 8.65. The number of benzene rings is 1. The van der Waals surface area contributed by atoms with E-state index in [9.17, 15) is 9.59 Å². The van der Waals surface area contributed by atoms with Crippen LogP contribution in [0.15, 0.2) is 34.7 Å². The first-order chi connectivity index (χ1) is 9.98. The van der Waals surface area contributed by atoms with Gasteiger partial charge in [-0.25, -0.2) is 21.3 Å². The molecule has 2 amide bonds. The van der Waals surface area contributed by atoms with Crippen molar-refractivity contribution in [2.45, 2.75) is 12.7 Å². The fourth-order valence-corrected chi connectivity index (χ4v) is 1.74. The van der Waals surface area contributed by atoms with Crippen LogP contribution in [-0.2, 0) is 15.3 Å². The third-order valence-electron chi connectivity index (χ3n) is 2.68. The van der Waals surface area contributed by atoms with Crippen molar-refractivity contribution >= 4 is 23.2 Å². The summed E-state index contributed by atoms with van der Waals surface area (Å²) in [5.74, 6) is 8.17. The lowest BCUT2D eigenvalue weighted by Gasteiger charge is -2.26. The van der Waals surface area contributed by atoms with Crippen LogP contribution in [0.3, 0.4) is 0 Å². The Labute approximate surface area is 119 Å². The van der Waals surface area contributed by atoms with Gasteiger partial charge >= 0.3 is 18.0 Å². The number of fused-ring (bicyclic) bond motifs is 1. The summed E-state index contributed by atoms with van der Waals surface area (Å²) >= 11 is 0. The molecule has 21 heavy (non-hydrogen) atoms. The SMILES string of the molecule is CC(OC(=O)NN)(OC(=O)NN)c1cc2ccccc2o1. The monoisotopic (exact) mass is 294 g/mol. The van der Waals surface area contributed by atoms with Gasteiger partial charge in [-0.3, -0.25) is 10.9 Å². The number of furan rings is 1. The van der Waals surface area contributed by atoms with Crippen molar-refractivity contribution in [1.29, 1.82) is 0 Å². The van der Waals surface area contributed by atoms with Crippen LogP contribution in [0.25, 0.3) is 11.0 Å². The molecule has 0 aliphatic carbocycles. The van der Waals surface area contributed by atoms with Crippen LogP contribution in [0.4, 0.5) is 9.59 Å². The molecule has 1 aromatic heterocycles. The zero-order valence-corrected chi connectivity index (χ0v) is 11.1. The Morgan fingerprint density at radius 3 is 2.24 bits per heavy atom. The van der Waals surface area contributed by atoms with Gasteiger partial charge in [0, 0.05) is 12.3 Å². The number of para-hydroxylation sites is 1. The van der Waals surface area contributed by atoms with Crippen molar-refractivity contribution in [3.05, 3.63) is 36.1 Å². The van der Waals surface area contributed by atoms with Gasteiger partial charge in [-0.2, -0.15) is 0 Å². The third-order valence-corrected chi connectivity index (χ3v) is 2.68. The van der Waals surface area contributed by atoms with E-state index in [-0.39, 0.29) is 5.76 Å². The third kappa shape index (κ3) is 3.04. The first-order valence-corrected chi connectivity index (χ1v) is 5.87. The van der Waals surface area contributed by atoms with E-state index < -0.39 is 18.0 Å². The minimum Gasteiger partial charge on any atom is -0.453 e. The summed E-state index contributed by atoms with van der Waals surface area (Å²) in [7, 11) is 0. The van der Waals surface area contributed by atoms with Gasteiger partial charge in [0.15, 0.2) is 5.76 Å². The molecule has 0 saturated carbocycles. The average Bonchev–Trinajstić information content (AvgIpc) is 2.91. The van der Waals surface area contributed by atoms with Crippen molar-refractivity contribution in [3.8, 4) is 0 Å². The number of amides is 2. The molecular weight excluding hydrogens is 280 g/mol. The number of hydrogen-bond acceptors (Lipinski definition) is 7. The highest BCUT2D eigenvalue weighted by atomic mass is 16.8. The molecule has 6 N–H and O–H groups in total. The zero-order chi connectivity index (χ0) is 15.5. The molecule has 9 heteroatoms. The Hall–Kier alpha value is -2.78. The molecular formula is C12H14N4O5.